The van der Waals surface area contributed by atoms with Crippen LogP contribution < -0.4 is 4.74 Å². The van der Waals surface area contributed by atoms with Gasteiger partial charge in [0.1, 0.15) is 5.75 Å². The van der Waals surface area contributed by atoms with Gasteiger partial charge in [-0.3, -0.25) is 4.68 Å². The Bertz CT molecular complexity index is 555. The normalized spacial score (nSPS) is 10.7. The molecule has 18 heavy (non-hydrogen) atoms. The molecule has 94 valence electrons. The van der Waals surface area contributed by atoms with E-state index in [4.69, 9.17) is 4.74 Å². The Kier molecular flexibility index (Phi) is 3.51. The van der Waals surface area contributed by atoms with Gasteiger partial charge in [0.25, 0.3) is 0 Å². The molecular formula is C15H18N2O. The summed E-state index contributed by atoms with van der Waals surface area (Å²) in [4.78, 5) is 0. The summed E-state index contributed by atoms with van der Waals surface area (Å²) in [5.41, 5.74) is 3.22. The molecule has 0 bridgehead atoms. The first kappa shape index (κ1) is 12.4. The van der Waals surface area contributed by atoms with E-state index in [1.165, 1.54) is 0 Å². The minimum atomic E-state index is 0.159. The monoisotopic (exact) mass is 242 g/mol. The van der Waals surface area contributed by atoms with E-state index in [-0.39, 0.29) is 6.10 Å². The molecule has 1 aromatic heterocycles. The lowest BCUT2D eigenvalue weighted by Gasteiger charge is -2.12. The SMILES string of the molecule is C=Cc1cc(OC(C)C)cc(-c2cnn(C)c2)c1. The van der Waals surface area contributed by atoms with E-state index in [2.05, 4.69) is 17.7 Å². The quantitative estimate of drug-likeness (QED) is 0.820. The summed E-state index contributed by atoms with van der Waals surface area (Å²) in [6, 6.07) is 6.11. The first-order valence-electron chi connectivity index (χ1n) is 6.01. The molecule has 0 aliphatic carbocycles. The van der Waals surface area contributed by atoms with E-state index in [9.17, 15) is 0 Å². The van der Waals surface area contributed by atoms with E-state index in [0.717, 1.165) is 22.4 Å². The minimum Gasteiger partial charge on any atom is -0.491 e. The molecular weight excluding hydrogens is 224 g/mol. The van der Waals surface area contributed by atoms with Gasteiger partial charge < -0.3 is 4.74 Å². The summed E-state index contributed by atoms with van der Waals surface area (Å²) in [7, 11) is 1.91. The summed E-state index contributed by atoms with van der Waals surface area (Å²) in [6.07, 6.45) is 5.82. The molecule has 0 aliphatic heterocycles. The molecule has 2 aromatic rings. The van der Waals surface area contributed by atoms with E-state index < -0.39 is 0 Å². The van der Waals surface area contributed by atoms with Crippen LogP contribution in [-0.4, -0.2) is 15.9 Å². The first-order valence-corrected chi connectivity index (χ1v) is 6.01. The number of ether oxygens (including phenoxy) is 1. The minimum absolute atomic E-state index is 0.159. The third-order valence-corrected chi connectivity index (χ3v) is 2.57. The highest BCUT2D eigenvalue weighted by Crippen LogP contribution is 2.27. The molecule has 0 amide bonds. The van der Waals surface area contributed by atoms with Crippen LogP contribution in [0.2, 0.25) is 0 Å². The lowest BCUT2D eigenvalue weighted by atomic mass is 10.1. The molecule has 0 spiro atoms. The van der Waals surface area contributed by atoms with Crippen LogP contribution in [0.1, 0.15) is 19.4 Å². The highest BCUT2D eigenvalue weighted by molar-refractivity contribution is 5.68. The average Bonchev–Trinajstić information content (AvgIpc) is 2.74. The zero-order valence-corrected chi connectivity index (χ0v) is 11.1. The average molecular weight is 242 g/mol. The zero-order valence-electron chi connectivity index (χ0n) is 11.1. The van der Waals surface area contributed by atoms with Gasteiger partial charge in [-0.25, -0.2) is 0 Å². The lowest BCUT2D eigenvalue weighted by molar-refractivity contribution is 0.242. The van der Waals surface area contributed by atoms with Crippen LogP contribution in [0.15, 0.2) is 37.2 Å². The highest BCUT2D eigenvalue weighted by Gasteiger charge is 2.06. The van der Waals surface area contributed by atoms with Crippen molar-refractivity contribution in [2.75, 3.05) is 0 Å². The maximum absolute atomic E-state index is 5.75. The summed E-state index contributed by atoms with van der Waals surface area (Å²) in [5, 5.41) is 4.19. The van der Waals surface area contributed by atoms with Gasteiger partial charge in [0, 0.05) is 18.8 Å². The third kappa shape index (κ3) is 2.80. The molecule has 0 saturated carbocycles. The molecule has 0 unspecified atom stereocenters. The molecule has 2 rings (SSSR count). The molecule has 3 nitrogen and oxygen atoms in total. The van der Waals surface area contributed by atoms with Gasteiger partial charge in [-0.15, -0.1) is 0 Å². The van der Waals surface area contributed by atoms with Crippen LogP contribution in [0.5, 0.6) is 5.75 Å². The van der Waals surface area contributed by atoms with Crippen molar-refractivity contribution >= 4 is 6.08 Å². The molecule has 3 heteroatoms. The first-order chi connectivity index (χ1) is 8.58. The van der Waals surface area contributed by atoms with Gasteiger partial charge in [0.05, 0.1) is 12.3 Å². The summed E-state index contributed by atoms with van der Waals surface area (Å²) in [6.45, 7) is 7.85. The smallest absolute Gasteiger partial charge is 0.120 e. The number of aromatic nitrogens is 2. The van der Waals surface area contributed by atoms with Gasteiger partial charge in [0.2, 0.25) is 0 Å². The van der Waals surface area contributed by atoms with Crippen LogP contribution >= 0.6 is 0 Å². The van der Waals surface area contributed by atoms with Gasteiger partial charge in [0.15, 0.2) is 0 Å². The number of benzene rings is 1. The van der Waals surface area contributed by atoms with Gasteiger partial charge in [-0.05, 0) is 43.2 Å². The number of rotatable bonds is 4. The number of nitrogens with zero attached hydrogens (tertiary/aromatic N) is 2. The fourth-order valence-corrected chi connectivity index (χ4v) is 1.82. The standard InChI is InChI=1S/C15H18N2O/c1-5-12-6-13(14-9-16-17(4)10-14)8-15(7-12)18-11(2)3/h5-11H,1H2,2-4H3. The van der Waals surface area contributed by atoms with Crippen molar-refractivity contribution in [1.82, 2.24) is 9.78 Å². The molecule has 0 saturated heterocycles. The molecule has 0 N–H and O–H groups in total. The van der Waals surface area contributed by atoms with Crippen LogP contribution in [-0.2, 0) is 7.05 Å². The van der Waals surface area contributed by atoms with E-state index in [1.807, 2.05) is 51.5 Å². The Morgan fingerprint density at radius 3 is 2.61 bits per heavy atom. The van der Waals surface area contributed by atoms with Crippen molar-refractivity contribution < 1.29 is 4.74 Å². The number of aryl methyl sites for hydroxylation is 1. The van der Waals surface area contributed by atoms with E-state index >= 15 is 0 Å². The second-order valence-electron chi connectivity index (χ2n) is 4.56. The molecule has 1 aromatic carbocycles. The van der Waals surface area contributed by atoms with Crippen molar-refractivity contribution in [1.29, 1.82) is 0 Å². The molecule has 0 atom stereocenters. The van der Waals surface area contributed by atoms with Crippen molar-refractivity contribution in [2.45, 2.75) is 20.0 Å². The van der Waals surface area contributed by atoms with Crippen molar-refractivity contribution in [2.24, 2.45) is 7.05 Å². The topological polar surface area (TPSA) is 27.1 Å². The second-order valence-corrected chi connectivity index (χ2v) is 4.56. The Labute approximate surface area is 108 Å². The Hall–Kier alpha value is -2.03. The van der Waals surface area contributed by atoms with Crippen LogP contribution in [0, 0.1) is 0 Å². The van der Waals surface area contributed by atoms with Gasteiger partial charge >= 0.3 is 0 Å². The predicted octanol–water partition coefficient (Wildman–Crippen LogP) is 3.52. The Balaban J connectivity index is 2.43. The van der Waals surface area contributed by atoms with Crippen LogP contribution in [0.4, 0.5) is 0 Å². The maximum Gasteiger partial charge on any atom is 0.120 e. The van der Waals surface area contributed by atoms with Gasteiger partial charge in [-0.1, -0.05) is 12.7 Å². The van der Waals surface area contributed by atoms with E-state index in [0.29, 0.717) is 0 Å². The third-order valence-electron chi connectivity index (χ3n) is 2.57. The lowest BCUT2D eigenvalue weighted by Crippen LogP contribution is -2.05. The fraction of sp³-hybridized carbons (Fsp3) is 0.267. The van der Waals surface area contributed by atoms with Crippen LogP contribution in [0.25, 0.3) is 17.2 Å². The Morgan fingerprint density at radius 1 is 1.28 bits per heavy atom. The highest BCUT2D eigenvalue weighted by atomic mass is 16.5. The maximum atomic E-state index is 5.75. The number of hydrogen-bond donors (Lipinski definition) is 0. The number of hydrogen-bond acceptors (Lipinski definition) is 2. The largest absolute Gasteiger partial charge is 0.491 e. The Morgan fingerprint density at radius 2 is 2.06 bits per heavy atom. The van der Waals surface area contributed by atoms with Crippen molar-refractivity contribution in [3.05, 3.63) is 42.7 Å². The summed E-state index contributed by atoms with van der Waals surface area (Å²) in [5.74, 6) is 0.862. The van der Waals surface area contributed by atoms with E-state index in [1.54, 1.807) is 4.68 Å². The predicted molar refractivity (Wildman–Crippen MR) is 74.5 cm³/mol. The van der Waals surface area contributed by atoms with Gasteiger partial charge in [-0.2, -0.15) is 5.10 Å². The van der Waals surface area contributed by atoms with Crippen LogP contribution in [0.3, 0.4) is 0 Å². The molecule has 0 radical (unpaired) electrons. The molecule has 0 aliphatic rings. The molecule has 0 fully saturated rings. The zero-order chi connectivity index (χ0) is 13.1. The van der Waals surface area contributed by atoms with Crippen molar-refractivity contribution in [3.8, 4) is 16.9 Å². The molecule has 1 heterocycles. The fourth-order valence-electron chi connectivity index (χ4n) is 1.82. The summed E-state index contributed by atoms with van der Waals surface area (Å²) >= 11 is 0. The van der Waals surface area contributed by atoms with Crippen molar-refractivity contribution in [3.63, 3.8) is 0 Å². The summed E-state index contributed by atoms with van der Waals surface area (Å²) < 4.78 is 7.54. The second kappa shape index (κ2) is 5.08.